The van der Waals surface area contributed by atoms with E-state index in [1.54, 1.807) is 0 Å². The van der Waals surface area contributed by atoms with Gasteiger partial charge in [0, 0.05) is 18.4 Å². The molecule has 1 aromatic carbocycles. The number of rotatable bonds is 0. The average molecular weight is 220 g/mol. The molecule has 3 rings (SSSR count). The van der Waals surface area contributed by atoms with Crippen LogP contribution in [0.2, 0.25) is 0 Å². The molecule has 2 aliphatic heterocycles. The lowest BCUT2D eigenvalue weighted by Gasteiger charge is -2.37. The zero-order chi connectivity index (χ0) is 11.2. The molecule has 2 heterocycles. The van der Waals surface area contributed by atoms with Crippen LogP contribution in [0, 0.1) is 6.92 Å². The molecule has 0 bridgehead atoms. The van der Waals surface area contributed by atoms with E-state index < -0.39 is 6.10 Å². The van der Waals surface area contributed by atoms with Gasteiger partial charge in [0.1, 0.15) is 11.4 Å². The third kappa shape index (κ3) is 1.51. The Hall–Kier alpha value is -1.06. The fraction of sp³-hybridized carbons (Fsp3) is 0.538. The Morgan fingerprint density at radius 2 is 2.31 bits per heavy atom. The van der Waals surface area contributed by atoms with Crippen LogP contribution in [0.3, 0.4) is 0 Å². The standard InChI is InChI=1S/C13H16O3/c1-9-2-3-12-10(6-9)11(14)7-13(16-12)4-5-15-8-13/h2-3,6,11,14H,4-5,7-8H2,1H3/t11-,13?/m0/s1. The van der Waals surface area contributed by atoms with Crippen molar-refractivity contribution < 1.29 is 14.6 Å². The molecule has 3 nitrogen and oxygen atoms in total. The molecule has 0 saturated carbocycles. The van der Waals surface area contributed by atoms with Crippen molar-refractivity contribution in [2.24, 2.45) is 0 Å². The normalized spacial score (nSPS) is 32.5. The molecule has 1 fully saturated rings. The number of benzene rings is 1. The van der Waals surface area contributed by atoms with Crippen molar-refractivity contribution in [2.45, 2.75) is 31.5 Å². The molecule has 1 unspecified atom stereocenters. The van der Waals surface area contributed by atoms with Gasteiger partial charge in [0.15, 0.2) is 0 Å². The molecule has 16 heavy (non-hydrogen) atoms. The molecule has 0 radical (unpaired) electrons. The molecule has 86 valence electrons. The number of fused-ring (bicyclic) bond motifs is 1. The fourth-order valence-electron chi connectivity index (χ4n) is 2.59. The molecule has 2 atom stereocenters. The van der Waals surface area contributed by atoms with Crippen molar-refractivity contribution in [3.8, 4) is 5.75 Å². The first-order valence-electron chi connectivity index (χ1n) is 5.74. The van der Waals surface area contributed by atoms with Gasteiger partial charge in [0.25, 0.3) is 0 Å². The number of aliphatic hydroxyl groups is 1. The van der Waals surface area contributed by atoms with Crippen molar-refractivity contribution >= 4 is 0 Å². The SMILES string of the molecule is Cc1ccc2c(c1)[C@@H](O)CC1(CCOC1)O2. The first-order valence-corrected chi connectivity index (χ1v) is 5.74. The summed E-state index contributed by atoms with van der Waals surface area (Å²) in [7, 11) is 0. The molecule has 1 N–H and O–H groups in total. The molecule has 0 aliphatic carbocycles. The van der Waals surface area contributed by atoms with E-state index in [4.69, 9.17) is 9.47 Å². The van der Waals surface area contributed by atoms with Crippen LogP contribution in [0.1, 0.15) is 30.1 Å². The van der Waals surface area contributed by atoms with Gasteiger partial charge in [-0.1, -0.05) is 11.6 Å². The first kappa shape index (κ1) is 10.1. The van der Waals surface area contributed by atoms with Crippen molar-refractivity contribution in [3.63, 3.8) is 0 Å². The molecule has 1 saturated heterocycles. The zero-order valence-electron chi connectivity index (χ0n) is 9.40. The summed E-state index contributed by atoms with van der Waals surface area (Å²) in [5.74, 6) is 0.815. The highest BCUT2D eigenvalue weighted by Gasteiger charge is 2.43. The lowest BCUT2D eigenvalue weighted by atomic mass is 9.88. The number of ether oxygens (including phenoxy) is 2. The molecule has 3 heteroatoms. The lowest BCUT2D eigenvalue weighted by Crippen LogP contribution is -2.41. The Morgan fingerprint density at radius 1 is 1.44 bits per heavy atom. The zero-order valence-corrected chi connectivity index (χ0v) is 9.40. The molecular weight excluding hydrogens is 204 g/mol. The Labute approximate surface area is 95.0 Å². The van der Waals surface area contributed by atoms with E-state index in [9.17, 15) is 5.11 Å². The third-order valence-electron chi connectivity index (χ3n) is 3.48. The lowest BCUT2D eigenvalue weighted by molar-refractivity contribution is -0.0194. The van der Waals surface area contributed by atoms with Gasteiger partial charge in [-0.3, -0.25) is 0 Å². The maximum atomic E-state index is 10.2. The van der Waals surface area contributed by atoms with E-state index in [-0.39, 0.29) is 5.60 Å². The Kier molecular flexibility index (Phi) is 2.19. The van der Waals surface area contributed by atoms with E-state index in [0.29, 0.717) is 13.0 Å². The van der Waals surface area contributed by atoms with Crippen molar-refractivity contribution in [1.29, 1.82) is 0 Å². The third-order valence-corrected chi connectivity index (χ3v) is 3.48. The number of aliphatic hydroxyl groups excluding tert-OH is 1. The summed E-state index contributed by atoms with van der Waals surface area (Å²) >= 11 is 0. The van der Waals surface area contributed by atoms with E-state index >= 15 is 0 Å². The van der Waals surface area contributed by atoms with Gasteiger partial charge in [-0.05, 0) is 19.1 Å². The highest BCUT2D eigenvalue weighted by atomic mass is 16.6. The van der Waals surface area contributed by atoms with Crippen LogP contribution in [0.15, 0.2) is 18.2 Å². The van der Waals surface area contributed by atoms with Crippen LogP contribution in [-0.4, -0.2) is 23.9 Å². The second-order valence-electron chi connectivity index (χ2n) is 4.85. The highest BCUT2D eigenvalue weighted by molar-refractivity contribution is 5.41. The molecule has 0 amide bonds. The van der Waals surface area contributed by atoms with Crippen molar-refractivity contribution in [1.82, 2.24) is 0 Å². The monoisotopic (exact) mass is 220 g/mol. The van der Waals surface area contributed by atoms with Gasteiger partial charge < -0.3 is 14.6 Å². The first-order chi connectivity index (χ1) is 7.69. The Morgan fingerprint density at radius 3 is 3.06 bits per heavy atom. The van der Waals surface area contributed by atoms with Gasteiger partial charge >= 0.3 is 0 Å². The summed E-state index contributed by atoms with van der Waals surface area (Å²) in [6.07, 6.45) is 1.09. The smallest absolute Gasteiger partial charge is 0.137 e. The Balaban J connectivity index is 1.99. The number of hydrogen-bond donors (Lipinski definition) is 1. The van der Waals surface area contributed by atoms with Crippen molar-refractivity contribution in [2.75, 3.05) is 13.2 Å². The predicted octanol–water partition coefficient (Wildman–Crippen LogP) is 1.97. The van der Waals surface area contributed by atoms with Crippen LogP contribution in [0.4, 0.5) is 0 Å². The quantitative estimate of drug-likeness (QED) is 0.726. The molecule has 1 spiro atoms. The number of hydrogen-bond acceptors (Lipinski definition) is 3. The van der Waals surface area contributed by atoms with Gasteiger partial charge in [-0.15, -0.1) is 0 Å². The van der Waals surface area contributed by atoms with E-state index in [0.717, 1.165) is 29.9 Å². The minimum absolute atomic E-state index is 0.290. The molecule has 1 aromatic rings. The summed E-state index contributed by atoms with van der Waals surface area (Å²) in [6.45, 7) is 3.35. The molecular formula is C13H16O3. The summed E-state index contributed by atoms with van der Waals surface area (Å²) in [5, 5.41) is 10.2. The minimum atomic E-state index is -0.426. The predicted molar refractivity (Wildman–Crippen MR) is 59.6 cm³/mol. The summed E-state index contributed by atoms with van der Waals surface area (Å²) in [6, 6.07) is 5.97. The summed E-state index contributed by atoms with van der Waals surface area (Å²) in [4.78, 5) is 0. The molecule has 0 aromatic heterocycles. The van der Waals surface area contributed by atoms with Crippen LogP contribution in [0.25, 0.3) is 0 Å². The average Bonchev–Trinajstić information content (AvgIpc) is 2.68. The van der Waals surface area contributed by atoms with E-state index in [2.05, 4.69) is 0 Å². The van der Waals surface area contributed by atoms with E-state index in [1.165, 1.54) is 0 Å². The molecule has 2 aliphatic rings. The maximum absolute atomic E-state index is 10.2. The van der Waals surface area contributed by atoms with Gasteiger partial charge in [0.05, 0.1) is 19.3 Å². The van der Waals surface area contributed by atoms with Gasteiger partial charge in [-0.2, -0.15) is 0 Å². The number of aryl methyl sites for hydroxylation is 1. The summed E-state index contributed by atoms with van der Waals surface area (Å²) < 4.78 is 11.4. The largest absolute Gasteiger partial charge is 0.484 e. The highest BCUT2D eigenvalue weighted by Crippen LogP contribution is 2.43. The summed E-state index contributed by atoms with van der Waals surface area (Å²) in [5.41, 5.74) is 1.78. The van der Waals surface area contributed by atoms with Crippen LogP contribution >= 0.6 is 0 Å². The van der Waals surface area contributed by atoms with Gasteiger partial charge in [0.2, 0.25) is 0 Å². The maximum Gasteiger partial charge on any atom is 0.137 e. The Bertz CT molecular complexity index is 408. The minimum Gasteiger partial charge on any atom is -0.484 e. The van der Waals surface area contributed by atoms with Gasteiger partial charge in [-0.25, -0.2) is 0 Å². The second-order valence-corrected chi connectivity index (χ2v) is 4.85. The topological polar surface area (TPSA) is 38.7 Å². The van der Waals surface area contributed by atoms with Crippen molar-refractivity contribution in [3.05, 3.63) is 29.3 Å². The van der Waals surface area contributed by atoms with Crippen LogP contribution in [0.5, 0.6) is 5.75 Å². The second kappa shape index (κ2) is 3.47. The van der Waals surface area contributed by atoms with E-state index in [1.807, 2.05) is 25.1 Å². The van der Waals surface area contributed by atoms with Crippen LogP contribution in [-0.2, 0) is 4.74 Å². The van der Waals surface area contributed by atoms with Crippen LogP contribution < -0.4 is 4.74 Å². The fourth-order valence-corrected chi connectivity index (χ4v) is 2.59.